The minimum Gasteiger partial charge on any atom is -0.342 e. The van der Waals surface area contributed by atoms with Gasteiger partial charge in [-0.1, -0.05) is 12.8 Å². The zero-order chi connectivity index (χ0) is 19.3. The molecular weight excluding hydrogens is 352 g/mol. The molecule has 3 heterocycles. The van der Waals surface area contributed by atoms with Crippen LogP contribution >= 0.6 is 0 Å². The molecule has 28 heavy (non-hydrogen) atoms. The number of amides is 2. The Balaban J connectivity index is 1.20. The summed E-state index contributed by atoms with van der Waals surface area (Å²) in [5.74, 6) is 1.39. The number of fused-ring (bicyclic) bond motifs is 1. The van der Waals surface area contributed by atoms with Crippen LogP contribution in [0.4, 0.5) is 0 Å². The Bertz CT molecular complexity index is 539. The maximum absolute atomic E-state index is 13.0. The van der Waals surface area contributed by atoms with E-state index in [1.165, 1.54) is 44.9 Å². The highest BCUT2D eigenvalue weighted by Gasteiger charge is 2.36. The zero-order valence-electron chi connectivity index (χ0n) is 17.5. The number of hydrogen-bond acceptors (Lipinski definition) is 4. The first-order valence-electron chi connectivity index (χ1n) is 11.7. The fourth-order valence-corrected chi connectivity index (χ4v) is 5.76. The molecule has 0 radical (unpaired) electrons. The van der Waals surface area contributed by atoms with Gasteiger partial charge in [-0.15, -0.1) is 0 Å². The Kier molecular flexibility index (Phi) is 6.89. The summed E-state index contributed by atoms with van der Waals surface area (Å²) in [6.45, 7) is 7.56. The monoisotopic (exact) mass is 390 g/mol. The summed E-state index contributed by atoms with van der Waals surface area (Å²) in [6, 6.07) is 0.512. The van der Waals surface area contributed by atoms with Crippen molar-refractivity contribution in [1.29, 1.82) is 0 Å². The number of carbonyl (C=O) groups excluding carboxylic acids is 2. The molecule has 0 aromatic heterocycles. The van der Waals surface area contributed by atoms with Crippen LogP contribution in [0, 0.1) is 5.92 Å². The van der Waals surface area contributed by atoms with Gasteiger partial charge in [0.25, 0.3) is 0 Å². The normalized spacial score (nSPS) is 30.1. The molecular formula is C22H38N4O2. The fourth-order valence-electron chi connectivity index (χ4n) is 5.76. The van der Waals surface area contributed by atoms with Gasteiger partial charge in [-0.3, -0.25) is 19.4 Å². The Labute approximate surface area is 170 Å². The first-order chi connectivity index (χ1) is 13.7. The van der Waals surface area contributed by atoms with Gasteiger partial charge in [0.2, 0.25) is 11.8 Å². The average Bonchev–Trinajstić information content (AvgIpc) is 2.75. The van der Waals surface area contributed by atoms with Crippen molar-refractivity contribution < 1.29 is 9.59 Å². The maximum atomic E-state index is 13.0. The van der Waals surface area contributed by atoms with Gasteiger partial charge in [0.1, 0.15) is 0 Å². The van der Waals surface area contributed by atoms with Crippen LogP contribution in [0.1, 0.15) is 57.8 Å². The number of rotatable bonds is 4. The molecule has 0 aromatic carbocycles. The fraction of sp³-hybridized carbons (Fsp3) is 0.909. The van der Waals surface area contributed by atoms with Crippen LogP contribution in [0.15, 0.2) is 0 Å². The van der Waals surface area contributed by atoms with Crippen LogP contribution in [-0.4, -0.2) is 96.4 Å². The van der Waals surface area contributed by atoms with E-state index in [-0.39, 0.29) is 0 Å². The molecule has 3 saturated heterocycles. The third kappa shape index (κ3) is 4.88. The molecule has 3 aliphatic heterocycles. The lowest BCUT2D eigenvalue weighted by atomic mass is 9.78. The highest BCUT2D eigenvalue weighted by Crippen LogP contribution is 2.35. The second-order valence-electron chi connectivity index (χ2n) is 9.33. The van der Waals surface area contributed by atoms with E-state index in [0.29, 0.717) is 30.9 Å². The topological polar surface area (TPSA) is 47.1 Å². The number of carbonyl (C=O) groups is 2. The standard InChI is InChI=1S/C22H38N4O2/c27-21(25-10-4-1-5-11-25)17-23-13-15-24(16-14-23)18-22(28)26-12-6-8-19-7-2-3-9-20(19)26/h19-20H,1-18H2. The van der Waals surface area contributed by atoms with Crippen molar-refractivity contribution in [3.63, 3.8) is 0 Å². The number of hydrogen-bond donors (Lipinski definition) is 0. The van der Waals surface area contributed by atoms with Crippen LogP contribution in [0.2, 0.25) is 0 Å². The SMILES string of the molecule is O=C(CN1CCN(CC(=O)N2CCCC3CCCCC32)CC1)N1CCCCC1. The highest BCUT2D eigenvalue weighted by molar-refractivity contribution is 5.79. The van der Waals surface area contributed by atoms with Crippen molar-refractivity contribution >= 4 is 11.8 Å². The van der Waals surface area contributed by atoms with Gasteiger partial charge in [-0.05, 0) is 50.9 Å². The van der Waals surface area contributed by atoms with Gasteiger partial charge >= 0.3 is 0 Å². The molecule has 4 aliphatic rings. The quantitative estimate of drug-likeness (QED) is 0.734. The molecule has 2 amide bonds. The third-order valence-electron chi connectivity index (χ3n) is 7.45. The molecule has 2 atom stereocenters. The molecule has 6 heteroatoms. The summed E-state index contributed by atoms with van der Waals surface area (Å²) >= 11 is 0. The Morgan fingerprint density at radius 2 is 1.21 bits per heavy atom. The predicted molar refractivity (Wildman–Crippen MR) is 110 cm³/mol. The largest absolute Gasteiger partial charge is 0.342 e. The minimum atomic E-state index is 0.292. The molecule has 1 saturated carbocycles. The van der Waals surface area contributed by atoms with Gasteiger partial charge in [-0.25, -0.2) is 0 Å². The van der Waals surface area contributed by atoms with Crippen molar-refractivity contribution in [2.24, 2.45) is 5.92 Å². The molecule has 4 fully saturated rings. The Morgan fingerprint density at radius 1 is 0.607 bits per heavy atom. The summed E-state index contributed by atoms with van der Waals surface area (Å²) in [4.78, 5) is 34.3. The van der Waals surface area contributed by atoms with Crippen molar-refractivity contribution in [2.45, 2.75) is 63.8 Å². The maximum Gasteiger partial charge on any atom is 0.237 e. The molecule has 158 valence electrons. The summed E-state index contributed by atoms with van der Waals surface area (Å²) in [5, 5.41) is 0. The van der Waals surface area contributed by atoms with E-state index in [1.54, 1.807) is 0 Å². The molecule has 4 rings (SSSR count). The molecule has 0 aromatic rings. The van der Waals surface area contributed by atoms with Crippen LogP contribution in [0.3, 0.4) is 0 Å². The van der Waals surface area contributed by atoms with Crippen molar-refractivity contribution in [1.82, 2.24) is 19.6 Å². The molecule has 0 N–H and O–H groups in total. The summed E-state index contributed by atoms with van der Waals surface area (Å²) in [7, 11) is 0. The van der Waals surface area contributed by atoms with Gasteiger partial charge in [0.15, 0.2) is 0 Å². The number of likely N-dealkylation sites (tertiary alicyclic amines) is 2. The van der Waals surface area contributed by atoms with E-state index in [1.807, 2.05) is 4.90 Å². The first-order valence-corrected chi connectivity index (χ1v) is 11.7. The Morgan fingerprint density at radius 3 is 1.93 bits per heavy atom. The summed E-state index contributed by atoms with van der Waals surface area (Å²) < 4.78 is 0. The van der Waals surface area contributed by atoms with E-state index in [0.717, 1.165) is 64.6 Å². The van der Waals surface area contributed by atoms with Gasteiger partial charge < -0.3 is 9.80 Å². The van der Waals surface area contributed by atoms with Crippen LogP contribution in [0.25, 0.3) is 0 Å². The lowest BCUT2D eigenvalue weighted by molar-refractivity contribution is -0.140. The van der Waals surface area contributed by atoms with E-state index >= 15 is 0 Å². The minimum absolute atomic E-state index is 0.292. The van der Waals surface area contributed by atoms with E-state index < -0.39 is 0 Å². The van der Waals surface area contributed by atoms with Crippen LogP contribution in [0.5, 0.6) is 0 Å². The van der Waals surface area contributed by atoms with Gasteiger partial charge in [0, 0.05) is 51.9 Å². The molecule has 0 bridgehead atoms. The van der Waals surface area contributed by atoms with Crippen molar-refractivity contribution in [2.75, 3.05) is 58.9 Å². The van der Waals surface area contributed by atoms with Gasteiger partial charge in [-0.2, -0.15) is 0 Å². The summed E-state index contributed by atoms with van der Waals surface area (Å²) in [5.41, 5.74) is 0. The second kappa shape index (κ2) is 9.57. The van der Waals surface area contributed by atoms with E-state index in [4.69, 9.17) is 0 Å². The predicted octanol–water partition coefficient (Wildman–Crippen LogP) is 1.80. The van der Waals surface area contributed by atoms with E-state index in [2.05, 4.69) is 14.7 Å². The zero-order valence-corrected chi connectivity index (χ0v) is 17.5. The first kappa shape index (κ1) is 20.1. The molecule has 2 unspecified atom stereocenters. The summed E-state index contributed by atoms with van der Waals surface area (Å²) in [6.07, 6.45) is 11.2. The third-order valence-corrected chi connectivity index (χ3v) is 7.45. The van der Waals surface area contributed by atoms with Crippen LogP contribution in [-0.2, 0) is 9.59 Å². The number of nitrogens with zero attached hydrogens (tertiary/aromatic N) is 4. The van der Waals surface area contributed by atoms with Crippen LogP contribution < -0.4 is 0 Å². The molecule has 1 aliphatic carbocycles. The molecule has 0 spiro atoms. The lowest BCUT2D eigenvalue weighted by Crippen LogP contribution is -2.55. The lowest BCUT2D eigenvalue weighted by Gasteiger charge is -2.45. The van der Waals surface area contributed by atoms with E-state index in [9.17, 15) is 9.59 Å². The van der Waals surface area contributed by atoms with Gasteiger partial charge in [0.05, 0.1) is 13.1 Å². The van der Waals surface area contributed by atoms with Crippen molar-refractivity contribution in [3.8, 4) is 0 Å². The smallest absolute Gasteiger partial charge is 0.237 e. The number of piperidine rings is 2. The average molecular weight is 391 g/mol. The van der Waals surface area contributed by atoms with Crippen molar-refractivity contribution in [3.05, 3.63) is 0 Å². The molecule has 6 nitrogen and oxygen atoms in total. The number of piperazine rings is 1. The Hall–Kier alpha value is -1.14. The second-order valence-corrected chi connectivity index (χ2v) is 9.33. The highest BCUT2D eigenvalue weighted by atomic mass is 16.2.